The van der Waals surface area contributed by atoms with Crippen molar-refractivity contribution in [3.05, 3.63) is 0 Å². The maximum absolute atomic E-state index is 11.2. The Labute approximate surface area is 79.4 Å². The molecule has 1 rings (SSSR count). The molecule has 0 heterocycles. The summed E-state index contributed by atoms with van der Waals surface area (Å²) in [6, 6.07) is 0. The van der Waals surface area contributed by atoms with Crippen LogP contribution in [0.15, 0.2) is 0 Å². The molecule has 13 heavy (non-hydrogen) atoms. The molecule has 1 aliphatic rings. The molecular formula is C8H17NO3S. The SMILES string of the molecule is CCOCC1(CN)CC1S(C)(=O)=O. The van der Waals surface area contributed by atoms with Crippen LogP contribution in [0.4, 0.5) is 0 Å². The average molecular weight is 207 g/mol. The lowest BCUT2D eigenvalue weighted by Gasteiger charge is -2.13. The average Bonchev–Trinajstić information content (AvgIpc) is 2.76. The van der Waals surface area contributed by atoms with Gasteiger partial charge in [0.1, 0.15) is 0 Å². The van der Waals surface area contributed by atoms with Gasteiger partial charge < -0.3 is 10.5 Å². The van der Waals surface area contributed by atoms with Gasteiger partial charge in [0.15, 0.2) is 9.84 Å². The number of sulfone groups is 1. The molecule has 78 valence electrons. The maximum Gasteiger partial charge on any atom is 0.151 e. The standard InChI is InChI=1S/C8H17NO3S/c1-3-12-6-8(5-9)4-7(8)13(2,10)11/h7H,3-6,9H2,1-2H3. The molecule has 5 heteroatoms. The molecule has 0 aromatic carbocycles. The van der Waals surface area contributed by atoms with Gasteiger partial charge in [0.2, 0.25) is 0 Å². The van der Waals surface area contributed by atoms with Crippen LogP contribution in [-0.2, 0) is 14.6 Å². The van der Waals surface area contributed by atoms with E-state index in [2.05, 4.69) is 0 Å². The fourth-order valence-corrected chi connectivity index (χ4v) is 3.35. The molecule has 0 radical (unpaired) electrons. The van der Waals surface area contributed by atoms with Gasteiger partial charge in [-0.15, -0.1) is 0 Å². The molecule has 0 aliphatic heterocycles. The second kappa shape index (κ2) is 3.55. The zero-order chi connectivity index (χ0) is 10.1. The van der Waals surface area contributed by atoms with Crippen molar-refractivity contribution in [3.63, 3.8) is 0 Å². The van der Waals surface area contributed by atoms with E-state index >= 15 is 0 Å². The van der Waals surface area contributed by atoms with E-state index in [9.17, 15) is 8.42 Å². The Balaban J connectivity index is 2.59. The van der Waals surface area contributed by atoms with Gasteiger partial charge in [0, 0.05) is 24.8 Å². The molecule has 0 bridgehead atoms. The van der Waals surface area contributed by atoms with Gasteiger partial charge >= 0.3 is 0 Å². The molecule has 4 nitrogen and oxygen atoms in total. The predicted octanol–water partition coefficient (Wildman–Crippen LogP) is -0.215. The Bertz CT molecular complexity index is 275. The smallest absolute Gasteiger partial charge is 0.151 e. The lowest BCUT2D eigenvalue weighted by Crippen LogP contribution is -2.28. The number of ether oxygens (including phenoxy) is 1. The first kappa shape index (κ1) is 10.9. The van der Waals surface area contributed by atoms with Gasteiger partial charge in [-0.05, 0) is 13.3 Å². The largest absolute Gasteiger partial charge is 0.381 e. The minimum absolute atomic E-state index is 0.281. The van der Waals surface area contributed by atoms with Crippen molar-refractivity contribution in [2.45, 2.75) is 18.6 Å². The fourth-order valence-electron chi connectivity index (χ4n) is 1.65. The summed E-state index contributed by atoms with van der Waals surface area (Å²) in [6.07, 6.45) is 1.92. The Hall–Kier alpha value is -0.130. The molecule has 0 aromatic heterocycles. The van der Waals surface area contributed by atoms with Crippen LogP contribution in [0.3, 0.4) is 0 Å². The first-order valence-corrected chi connectivity index (χ1v) is 6.38. The highest BCUT2D eigenvalue weighted by molar-refractivity contribution is 7.91. The van der Waals surface area contributed by atoms with Gasteiger partial charge in [-0.3, -0.25) is 0 Å². The van der Waals surface area contributed by atoms with Crippen LogP contribution in [-0.4, -0.2) is 39.7 Å². The molecule has 0 spiro atoms. The lowest BCUT2D eigenvalue weighted by molar-refractivity contribution is 0.104. The minimum atomic E-state index is -2.94. The minimum Gasteiger partial charge on any atom is -0.381 e. The van der Waals surface area contributed by atoms with Crippen molar-refractivity contribution in [1.82, 2.24) is 0 Å². The Morgan fingerprint density at radius 1 is 1.62 bits per heavy atom. The lowest BCUT2D eigenvalue weighted by atomic mass is 10.1. The number of hydrogen-bond acceptors (Lipinski definition) is 4. The maximum atomic E-state index is 11.2. The number of nitrogens with two attached hydrogens (primary N) is 1. The van der Waals surface area contributed by atoms with Crippen LogP contribution in [0, 0.1) is 5.41 Å². The Kier molecular flexibility index (Phi) is 2.99. The highest BCUT2D eigenvalue weighted by Gasteiger charge is 2.58. The van der Waals surface area contributed by atoms with Gasteiger partial charge in [-0.25, -0.2) is 8.42 Å². The van der Waals surface area contributed by atoms with E-state index in [1.807, 2.05) is 6.92 Å². The molecular weight excluding hydrogens is 190 g/mol. The first-order valence-electron chi connectivity index (χ1n) is 4.43. The van der Waals surface area contributed by atoms with Crippen LogP contribution in [0.25, 0.3) is 0 Å². The number of rotatable bonds is 5. The van der Waals surface area contributed by atoms with E-state index in [1.165, 1.54) is 6.26 Å². The van der Waals surface area contributed by atoms with Gasteiger partial charge in [0.25, 0.3) is 0 Å². The summed E-state index contributed by atoms with van der Waals surface area (Å²) in [5.41, 5.74) is 5.26. The molecule has 2 N–H and O–H groups in total. The van der Waals surface area contributed by atoms with Gasteiger partial charge in [0.05, 0.1) is 11.9 Å². The van der Waals surface area contributed by atoms with Crippen molar-refractivity contribution in [2.24, 2.45) is 11.1 Å². The predicted molar refractivity (Wildman–Crippen MR) is 51.2 cm³/mol. The summed E-state index contributed by atoms with van der Waals surface area (Å²) in [4.78, 5) is 0. The van der Waals surface area contributed by atoms with Crippen LogP contribution in [0.2, 0.25) is 0 Å². The zero-order valence-corrected chi connectivity index (χ0v) is 8.93. The van der Waals surface area contributed by atoms with Gasteiger partial charge in [-0.2, -0.15) is 0 Å². The topological polar surface area (TPSA) is 69.4 Å². The molecule has 0 saturated heterocycles. The monoisotopic (exact) mass is 207 g/mol. The summed E-state index contributed by atoms with van der Waals surface area (Å²) in [5, 5.41) is -0.281. The van der Waals surface area contributed by atoms with E-state index in [-0.39, 0.29) is 10.7 Å². The quantitative estimate of drug-likeness (QED) is 0.677. The molecule has 1 fully saturated rings. The molecule has 2 unspecified atom stereocenters. The summed E-state index contributed by atoms with van der Waals surface area (Å²) in [6.45, 7) is 3.36. The Morgan fingerprint density at radius 3 is 2.54 bits per heavy atom. The van der Waals surface area contributed by atoms with Crippen molar-refractivity contribution < 1.29 is 13.2 Å². The van der Waals surface area contributed by atoms with E-state index in [0.29, 0.717) is 26.2 Å². The second-order valence-corrected chi connectivity index (χ2v) is 5.95. The normalized spacial score (nSPS) is 33.3. The molecule has 1 aliphatic carbocycles. The summed E-state index contributed by atoms with van der Waals surface area (Å²) < 4.78 is 27.7. The van der Waals surface area contributed by atoms with Crippen molar-refractivity contribution in [1.29, 1.82) is 0 Å². The Morgan fingerprint density at radius 2 is 2.23 bits per heavy atom. The van der Waals surface area contributed by atoms with Gasteiger partial charge in [-0.1, -0.05) is 0 Å². The van der Waals surface area contributed by atoms with Crippen LogP contribution < -0.4 is 5.73 Å². The van der Waals surface area contributed by atoms with Crippen molar-refractivity contribution >= 4 is 9.84 Å². The van der Waals surface area contributed by atoms with E-state index in [0.717, 1.165) is 0 Å². The summed E-state index contributed by atoms with van der Waals surface area (Å²) in [5.74, 6) is 0. The van der Waals surface area contributed by atoms with Crippen LogP contribution in [0.5, 0.6) is 0 Å². The first-order chi connectivity index (χ1) is 5.96. The molecule has 2 atom stereocenters. The third-order valence-electron chi connectivity index (χ3n) is 2.63. The third kappa shape index (κ3) is 2.21. The van der Waals surface area contributed by atoms with Crippen LogP contribution >= 0.6 is 0 Å². The summed E-state index contributed by atoms with van der Waals surface area (Å²) in [7, 11) is -2.94. The number of hydrogen-bond donors (Lipinski definition) is 1. The van der Waals surface area contributed by atoms with Crippen molar-refractivity contribution in [2.75, 3.05) is 26.0 Å². The van der Waals surface area contributed by atoms with Crippen LogP contribution in [0.1, 0.15) is 13.3 Å². The van der Waals surface area contributed by atoms with Crippen molar-refractivity contribution in [3.8, 4) is 0 Å². The zero-order valence-electron chi connectivity index (χ0n) is 8.12. The van der Waals surface area contributed by atoms with E-state index in [4.69, 9.17) is 10.5 Å². The molecule has 1 saturated carbocycles. The second-order valence-electron chi connectivity index (χ2n) is 3.73. The highest BCUT2D eigenvalue weighted by atomic mass is 32.2. The molecule has 0 amide bonds. The van der Waals surface area contributed by atoms with E-state index in [1.54, 1.807) is 0 Å². The fraction of sp³-hybridized carbons (Fsp3) is 1.00. The van der Waals surface area contributed by atoms with E-state index < -0.39 is 9.84 Å². The molecule has 0 aromatic rings. The third-order valence-corrected chi connectivity index (χ3v) is 4.33. The summed E-state index contributed by atoms with van der Waals surface area (Å²) >= 11 is 0. The highest BCUT2D eigenvalue weighted by Crippen LogP contribution is 2.49.